The van der Waals surface area contributed by atoms with Gasteiger partial charge in [0.25, 0.3) is 5.91 Å². The lowest BCUT2D eigenvalue weighted by atomic mass is 9.90. The van der Waals surface area contributed by atoms with Gasteiger partial charge >= 0.3 is 0 Å². The number of hydrogen-bond donors (Lipinski definition) is 1. The zero-order valence-electron chi connectivity index (χ0n) is 14.0. The van der Waals surface area contributed by atoms with Gasteiger partial charge in [-0.25, -0.2) is 4.98 Å². The number of nitrogens with one attached hydrogen (secondary N) is 1. The highest BCUT2D eigenvalue weighted by Crippen LogP contribution is 2.32. The fourth-order valence-corrected chi connectivity index (χ4v) is 3.82. The summed E-state index contributed by atoms with van der Waals surface area (Å²) in [6, 6.07) is 18.1. The van der Waals surface area contributed by atoms with Gasteiger partial charge in [-0.1, -0.05) is 36.4 Å². The van der Waals surface area contributed by atoms with Crippen molar-refractivity contribution in [1.82, 2.24) is 14.9 Å². The first kappa shape index (κ1) is 16.0. The second-order valence-electron chi connectivity index (χ2n) is 6.15. The zero-order chi connectivity index (χ0) is 17.2. The number of carbonyl (C=O) groups excluding carboxylic acids is 1. The van der Waals surface area contributed by atoms with Gasteiger partial charge in [0, 0.05) is 22.9 Å². The van der Waals surface area contributed by atoms with Gasteiger partial charge in [0.15, 0.2) is 0 Å². The molecule has 1 unspecified atom stereocenters. The Morgan fingerprint density at radius 1 is 1.20 bits per heavy atom. The monoisotopic (exact) mass is 349 g/mol. The first-order valence-corrected chi connectivity index (χ1v) is 9.49. The Labute approximate surface area is 151 Å². The lowest BCUT2D eigenvalue weighted by Gasteiger charge is -2.32. The molecule has 2 heterocycles. The van der Waals surface area contributed by atoms with Crippen molar-refractivity contribution in [3.8, 4) is 0 Å². The van der Waals surface area contributed by atoms with Crippen molar-refractivity contribution in [2.45, 2.75) is 17.4 Å². The molecule has 1 aliphatic rings. The van der Waals surface area contributed by atoms with Gasteiger partial charge in [-0.05, 0) is 30.0 Å². The Morgan fingerprint density at radius 2 is 2.04 bits per heavy atom. The van der Waals surface area contributed by atoms with E-state index in [2.05, 4.69) is 22.1 Å². The standard InChI is InChI=1S/C20H19N3OS/c1-25-16-9-5-8-15(10-16)20(24)23-11-17(14-6-3-2-4-7-14)19-18(12-23)21-13-22-19/h2-10,13,17H,11-12H2,1H3,(H,21,22). The van der Waals surface area contributed by atoms with Crippen LogP contribution >= 0.6 is 11.8 Å². The molecule has 1 aromatic heterocycles. The van der Waals surface area contributed by atoms with Crippen LogP contribution in [-0.4, -0.2) is 33.6 Å². The molecular weight excluding hydrogens is 330 g/mol. The highest BCUT2D eigenvalue weighted by Gasteiger charge is 2.31. The summed E-state index contributed by atoms with van der Waals surface area (Å²) < 4.78 is 0. The van der Waals surface area contributed by atoms with Crippen molar-refractivity contribution in [2.75, 3.05) is 12.8 Å². The second-order valence-corrected chi connectivity index (χ2v) is 7.03. The molecule has 2 aromatic carbocycles. The molecule has 0 radical (unpaired) electrons. The molecule has 25 heavy (non-hydrogen) atoms. The number of imidazole rings is 1. The lowest BCUT2D eigenvalue weighted by molar-refractivity contribution is 0.0721. The number of benzene rings is 2. The molecule has 3 aromatic rings. The van der Waals surface area contributed by atoms with E-state index in [9.17, 15) is 4.79 Å². The molecule has 0 aliphatic carbocycles. The summed E-state index contributed by atoms with van der Waals surface area (Å²) in [4.78, 5) is 23.8. The first-order valence-electron chi connectivity index (χ1n) is 8.26. The van der Waals surface area contributed by atoms with Gasteiger partial charge < -0.3 is 9.88 Å². The van der Waals surface area contributed by atoms with Gasteiger partial charge in [-0.15, -0.1) is 11.8 Å². The predicted octanol–water partition coefficient (Wildman–Crippen LogP) is 3.92. The van der Waals surface area contributed by atoms with E-state index >= 15 is 0 Å². The number of carbonyl (C=O) groups is 1. The van der Waals surface area contributed by atoms with Gasteiger partial charge in [0.2, 0.25) is 0 Å². The molecule has 4 nitrogen and oxygen atoms in total. The van der Waals surface area contributed by atoms with Crippen LogP contribution in [0.25, 0.3) is 0 Å². The van der Waals surface area contributed by atoms with Gasteiger partial charge in [0.1, 0.15) is 0 Å². The third kappa shape index (κ3) is 3.07. The number of aromatic amines is 1. The molecule has 126 valence electrons. The molecule has 1 amide bonds. The van der Waals surface area contributed by atoms with Crippen molar-refractivity contribution in [3.05, 3.63) is 83.4 Å². The van der Waals surface area contributed by atoms with E-state index in [1.165, 1.54) is 5.56 Å². The fourth-order valence-electron chi connectivity index (χ4n) is 3.36. The van der Waals surface area contributed by atoms with Gasteiger partial charge in [0.05, 0.1) is 24.3 Å². The number of amides is 1. The summed E-state index contributed by atoms with van der Waals surface area (Å²) in [7, 11) is 0. The maximum Gasteiger partial charge on any atom is 0.254 e. The largest absolute Gasteiger partial charge is 0.347 e. The summed E-state index contributed by atoms with van der Waals surface area (Å²) in [6.07, 6.45) is 3.75. The van der Waals surface area contributed by atoms with Crippen LogP contribution in [0.2, 0.25) is 0 Å². The normalized spacial score (nSPS) is 16.5. The van der Waals surface area contributed by atoms with Crippen LogP contribution in [0.5, 0.6) is 0 Å². The molecule has 5 heteroatoms. The van der Waals surface area contributed by atoms with E-state index in [-0.39, 0.29) is 11.8 Å². The number of H-pyrrole nitrogens is 1. The Morgan fingerprint density at radius 3 is 2.84 bits per heavy atom. The zero-order valence-corrected chi connectivity index (χ0v) is 14.8. The topological polar surface area (TPSA) is 49.0 Å². The van der Waals surface area contributed by atoms with Gasteiger partial charge in [-0.3, -0.25) is 4.79 Å². The van der Waals surface area contributed by atoms with E-state index in [4.69, 9.17) is 0 Å². The molecule has 0 saturated carbocycles. The number of nitrogens with zero attached hydrogens (tertiary/aromatic N) is 2. The smallest absolute Gasteiger partial charge is 0.254 e. The number of thioether (sulfide) groups is 1. The molecule has 4 rings (SSSR count). The minimum atomic E-state index is 0.0667. The van der Waals surface area contributed by atoms with Crippen molar-refractivity contribution in [1.29, 1.82) is 0 Å². The number of fused-ring (bicyclic) bond motifs is 1. The number of hydrogen-bond acceptors (Lipinski definition) is 3. The Bertz CT molecular complexity index is 891. The van der Waals surface area contributed by atoms with Crippen LogP contribution in [0.4, 0.5) is 0 Å². The predicted molar refractivity (Wildman–Crippen MR) is 99.8 cm³/mol. The average Bonchev–Trinajstić information content (AvgIpc) is 3.16. The summed E-state index contributed by atoms with van der Waals surface area (Å²) in [5, 5.41) is 0. The number of aromatic nitrogens is 2. The molecule has 0 spiro atoms. The summed E-state index contributed by atoms with van der Waals surface area (Å²) >= 11 is 1.65. The van der Waals surface area contributed by atoms with Gasteiger partial charge in [-0.2, -0.15) is 0 Å². The number of rotatable bonds is 3. The Kier molecular flexibility index (Phi) is 4.32. The molecule has 0 fully saturated rings. The van der Waals surface area contributed by atoms with E-state index in [0.717, 1.165) is 21.8 Å². The van der Waals surface area contributed by atoms with Crippen LogP contribution in [0, 0.1) is 0 Å². The van der Waals surface area contributed by atoms with Crippen LogP contribution in [0.15, 0.2) is 65.8 Å². The molecular formula is C20H19N3OS. The molecule has 0 bridgehead atoms. The van der Waals surface area contributed by atoms with E-state index < -0.39 is 0 Å². The summed E-state index contributed by atoms with van der Waals surface area (Å²) in [5.41, 5.74) is 4.00. The van der Waals surface area contributed by atoms with Crippen molar-refractivity contribution in [3.63, 3.8) is 0 Å². The molecule has 1 atom stereocenters. The Balaban J connectivity index is 1.67. The third-order valence-corrected chi connectivity index (χ3v) is 5.36. The molecule has 1 N–H and O–H groups in total. The van der Waals surface area contributed by atoms with Crippen molar-refractivity contribution in [2.24, 2.45) is 0 Å². The van der Waals surface area contributed by atoms with E-state index in [1.54, 1.807) is 18.1 Å². The lowest BCUT2D eigenvalue weighted by Crippen LogP contribution is -2.38. The third-order valence-electron chi connectivity index (χ3n) is 4.64. The fraction of sp³-hybridized carbons (Fsp3) is 0.200. The molecule has 0 saturated heterocycles. The maximum atomic E-state index is 13.1. The first-order chi connectivity index (χ1) is 12.3. The van der Waals surface area contributed by atoms with Crippen LogP contribution in [0.1, 0.15) is 33.2 Å². The van der Waals surface area contributed by atoms with Crippen molar-refractivity contribution < 1.29 is 4.79 Å². The maximum absolute atomic E-state index is 13.1. The summed E-state index contributed by atoms with van der Waals surface area (Å²) in [5.74, 6) is 0.168. The SMILES string of the molecule is CSc1cccc(C(=O)N2Cc3[nH]cnc3C(c3ccccc3)C2)c1. The molecule has 1 aliphatic heterocycles. The van der Waals surface area contributed by atoms with Crippen LogP contribution < -0.4 is 0 Å². The van der Waals surface area contributed by atoms with Crippen LogP contribution in [-0.2, 0) is 6.54 Å². The summed E-state index contributed by atoms with van der Waals surface area (Å²) in [6.45, 7) is 1.21. The van der Waals surface area contributed by atoms with Crippen molar-refractivity contribution >= 4 is 17.7 Å². The minimum Gasteiger partial charge on any atom is -0.347 e. The second kappa shape index (κ2) is 6.76. The van der Waals surface area contributed by atoms with E-state index in [1.807, 2.05) is 53.6 Å². The Hall–Kier alpha value is -2.53. The quantitative estimate of drug-likeness (QED) is 0.729. The highest BCUT2D eigenvalue weighted by atomic mass is 32.2. The average molecular weight is 349 g/mol. The van der Waals surface area contributed by atoms with E-state index in [0.29, 0.717) is 13.1 Å². The minimum absolute atomic E-state index is 0.0667. The highest BCUT2D eigenvalue weighted by molar-refractivity contribution is 7.98. The van der Waals surface area contributed by atoms with Crippen LogP contribution in [0.3, 0.4) is 0 Å².